The van der Waals surface area contributed by atoms with Crippen molar-refractivity contribution < 1.29 is 18.4 Å². The van der Waals surface area contributed by atoms with Gasteiger partial charge in [0.1, 0.15) is 17.4 Å². The van der Waals surface area contributed by atoms with Crippen molar-refractivity contribution in [3.63, 3.8) is 0 Å². The van der Waals surface area contributed by atoms with E-state index in [1.807, 2.05) is 17.9 Å². The average Bonchev–Trinajstić information content (AvgIpc) is 3.16. The Balaban J connectivity index is 1.33. The number of halogens is 2. The number of pyridine rings is 1. The Bertz CT molecular complexity index is 1310. The molecule has 3 aromatic rings. The van der Waals surface area contributed by atoms with E-state index in [-0.39, 0.29) is 17.3 Å². The van der Waals surface area contributed by atoms with Crippen LogP contribution in [0.2, 0.25) is 0 Å². The first kappa shape index (κ1) is 22.2. The van der Waals surface area contributed by atoms with Gasteiger partial charge in [-0.2, -0.15) is 9.49 Å². The number of amides is 2. The predicted molar refractivity (Wildman–Crippen MR) is 123 cm³/mol. The quantitative estimate of drug-likeness (QED) is 0.569. The Kier molecular flexibility index (Phi) is 5.43. The largest absolute Gasteiger partial charge is 0.365 e. The SMILES string of the molecule is CNC(=O)c1ccc(N2CCN(Cc3cc4c(C)nn5c4c(c3F)NC(=O)[C@@H]5C)CC2)c(F)n1. The molecule has 1 atom stereocenters. The fourth-order valence-corrected chi connectivity index (χ4v) is 4.64. The summed E-state index contributed by atoms with van der Waals surface area (Å²) in [5, 5.41) is 10.4. The maximum absolute atomic E-state index is 15.4. The molecule has 34 heavy (non-hydrogen) atoms. The van der Waals surface area contributed by atoms with Crippen LogP contribution in [0.15, 0.2) is 18.2 Å². The van der Waals surface area contributed by atoms with Crippen LogP contribution in [0.4, 0.5) is 20.2 Å². The van der Waals surface area contributed by atoms with Crippen LogP contribution in [0.3, 0.4) is 0 Å². The van der Waals surface area contributed by atoms with E-state index in [0.29, 0.717) is 49.5 Å². The van der Waals surface area contributed by atoms with Crippen molar-refractivity contribution in [1.29, 1.82) is 0 Å². The number of aromatic nitrogens is 3. The van der Waals surface area contributed by atoms with Crippen molar-refractivity contribution in [1.82, 2.24) is 25.0 Å². The van der Waals surface area contributed by atoms with E-state index in [2.05, 4.69) is 25.6 Å². The number of piperazine rings is 1. The number of hydrogen-bond acceptors (Lipinski definition) is 6. The molecule has 2 aliphatic heterocycles. The third-order valence-corrected chi connectivity index (χ3v) is 6.58. The Hall–Kier alpha value is -3.60. The molecule has 9 nitrogen and oxygen atoms in total. The summed E-state index contributed by atoms with van der Waals surface area (Å²) in [5.41, 5.74) is 2.38. The number of hydrogen-bond donors (Lipinski definition) is 2. The van der Waals surface area contributed by atoms with Gasteiger partial charge in [-0.1, -0.05) is 0 Å². The van der Waals surface area contributed by atoms with Crippen molar-refractivity contribution in [2.24, 2.45) is 0 Å². The van der Waals surface area contributed by atoms with Crippen LogP contribution in [0.5, 0.6) is 0 Å². The normalized spacial score (nSPS) is 18.3. The van der Waals surface area contributed by atoms with Crippen LogP contribution in [0.25, 0.3) is 10.9 Å². The van der Waals surface area contributed by atoms with Gasteiger partial charge in [-0.25, -0.2) is 9.37 Å². The van der Waals surface area contributed by atoms with Crippen molar-refractivity contribution in [3.05, 3.63) is 46.9 Å². The van der Waals surface area contributed by atoms with E-state index in [1.54, 1.807) is 17.7 Å². The lowest BCUT2D eigenvalue weighted by Crippen LogP contribution is -2.46. The summed E-state index contributed by atoms with van der Waals surface area (Å²) in [6.07, 6.45) is 0. The van der Waals surface area contributed by atoms with Gasteiger partial charge < -0.3 is 15.5 Å². The lowest BCUT2D eigenvalue weighted by Gasteiger charge is -2.36. The Morgan fingerprint density at radius 1 is 1.24 bits per heavy atom. The number of aryl methyl sites for hydroxylation is 1. The Morgan fingerprint density at radius 2 is 1.97 bits per heavy atom. The molecular weight excluding hydrogens is 444 g/mol. The zero-order valence-corrected chi connectivity index (χ0v) is 19.2. The number of carbonyl (C=O) groups is 2. The van der Waals surface area contributed by atoms with Gasteiger partial charge in [0, 0.05) is 50.7 Å². The van der Waals surface area contributed by atoms with Crippen molar-refractivity contribution in [2.45, 2.75) is 26.4 Å². The van der Waals surface area contributed by atoms with Crippen LogP contribution < -0.4 is 15.5 Å². The van der Waals surface area contributed by atoms with E-state index < -0.39 is 23.7 Å². The first-order valence-electron chi connectivity index (χ1n) is 11.2. The second-order valence-electron chi connectivity index (χ2n) is 8.66. The Morgan fingerprint density at radius 3 is 2.65 bits per heavy atom. The second kappa shape index (κ2) is 8.32. The maximum Gasteiger partial charge on any atom is 0.269 e. The third kappa shape index (κ3) is 3.56. The highest BCUT2D eigenvalue weighted by molar-refractivity contribution is 6.06. The summed E-state index contributed by atoms with van der Waals surface area (Å²) in [7, 11) is 1.46. The molecule has 0 unspecified atom stereocenters. The molecule has 0 spiro atoms. The summed E-state index contributed by atoms with van der Waals surface area (Å²) in [4.78, 5) is 31.7. The van der Waals surface area contributed by atoms with Gasteiger partial charge in [-0.3, -0.25) is 19.2 Å². The number of nitrogens with zero attached hydrogens (tertiary/aromatic N) is 5. The summed E-state index contributed by atoms with van der Waals surface area (Å²) in [6.45, 7) is 6.17. The molecule has 11 heteroatoms. The molecule has 1 aromatic carbocycles. The van der Waals surface area contributed by atoms with Gasteiger partial charge in [0.25, 0.3) is 5.91 Å². The minimum atomic E-state index is -0.692. The van der Waals surface area contributed by atoms with Gasteiger partial charge in [0.05, 0.1) is 16.9 Å². The van der Waals surface area contributed by atoms with E-state index in [0.717, 1.165) is 11.1 Å². The molecule has 0 aliphatic carbocycles. The first-order chi connectivity index (χ1) is 16.3. The minimum Gasteiger partial charge on any atom is -0.365 e. The zero-order valence-electron chi connectivity index (χ0n) is 19.2. The van der Waals surface area contributed by atoms with Crippen LogP contribution >= 0.6 is 0 Å². The van der Waals surface area contributed by atoms with E-state index in [1.165, 1.54) is 13.1 Å². The van der Waals surface area contributed by atoms with E-state index in [9.17, 15) is 14.0 Å². The fourth-order valence-electron chi connectivity index (χ4n) is 4.64. The highest BCUT2D eigenvalue weighted by Crippen LogP contribution is 2.37. The predicted octanol–water partition coefficient (Wildman–Crippen LogP) is 2.21. The van der Waals surface area contributed by atoms with E-state index in [4.69, 9.17) is 0 Å². The first-order valence-corrected chi connectivity index (χ1v) is 11.2. The fraction of sp³-hybridized carbons (Fsp3) is 0.391. The maximum atomic E-state index is 15.4. The van der Waals surface area contributed by atoms with E-state index >= 15 is 4.39 Å². The monoisotopic (exact) mass is 469 g/mol. The molecule has 0 saturated carbocycles. The number of benzene rings is 1. The molecule has 178 valence electrons. The van der Waals surface area contributed by atoms with Crippen molar-refractivity contribution in [3.8, 4) is 0 Å². The average molecular weight is 469 g/mol. The number of carbonyl (C=O) groups excluding carboxylic acids is 2. The van der Waals surface area contributed by atoms with Crippen molar-refractivity contribution >= 4 is 34.1 Å². The standard InChI is InChI=1S/C23H25F2N7O2/c1-12-15-10-14(18(24)19-20(15)32(29-12)13(2)22(33)28-19)11-30-6-8-31(9-7-30)17-5-4-16(23(34)26-3)27-21(17)25/h4-5,10,13H,6-9,11H2,1-3H3,(H,26,34)(H,28,33)/t13-/m0/s1. The third-order valence-electron chi connectivity index (χ3n) is 6.58. The van der Waals surface area contributed by atoms with Crippen LogP contribution in [-0.4, -0.2) is 64.7 Å². The topological polar surface area (TPSA) is 95.4 Å². The lowest BCUT2D eigenvalue weighted by molar-refractivity contribution is -0.119. The molecule has 2 aromatic heterocycles. The van der Waals surface area contributed by atoms with Gasteiger partial charge in [0.2, 0.25) is 11.9 Å². The molecule has 5 rings (SSSR count). The molecule has 4 heterocycles. The summed E-state index contributed by atoms with van der Waals surface area (Å²) in [5.74, 6) is -1.88. The van der Waals surface area contributed by atoms with Gasteiger partial charge >= 0.3 is 0 Å². The number of rotatable bonds is 4. The molecule has 2 aliphatic rings. The van der Waals surface area contributed by atoms with Gasteiger partial charge in [-0.05, 0) is 32.0 Å². The summed E-state index contributed by atoms with van der Waals surface area (Å²) >= 11 is 0. The van der Waals surface area contributed by atoms with Crippen LogP contribution in [0, 0.1) is 18.7 Å². The highest BCUT2D eigenvalue weighted by Gasteiger charge is 2.31. The molecule has 2 amide bonds. The number of nitrogens with one attached hydrogen (secondary N) is 2. The number of anilines is 2. The highest BCUT2D eigenvalue weighted by atomic mass is 19.1. The minimum absolute atomic E-state index is 0.0253. The second-order valence-corrected chi connectivity index (χ2v) is 8.66. The molecule has 1 fully saturated rings. The lowest BCUT2D eigenvalue weighted by atomic mass is 10.0. The molecule has 2 N–H and O–H groups in total. The molecule has 0 radical (unpaired) electrons. The Labute approximate surface area is 194 Å². The van der Waals surface area contributed by atoms with Gasteiger partial charge in [0.15, 0.2) is 5.82 Å². The molecule has 1 saturated heterocycles. The van der Waals surface area contributed by atoms with Crippen LogP contribution in [0.1, 0.15) is 34.7 Å². The van der Waals surface area contributed by atoms with Gasteiger partial charge in [-0.15, -0.1) is 0 Å². The molecular formula is C23H25F2N7O2. The molecule has 0 bridgehead atoms. The van der Waals surface area contributed by atoms with Crippen molar-refractivity contribution in [2.75, 3.05) is 43.4 Å². The summed E-state index contributed by atoms with van der Waals surface area (Å²) in [6, 6.07) is 4.37. The van der Waals surface area contributed by atoms with Crippen LogP contribution in [-0.2, 0) is 11.3 Å². The zero-order chi connectivity index (χ0) is 24.1. The smallest absolute Gasteiger partial charge is 0.269 e. The summed E-state index contributed by atoms with van der Waals surface area (Å²) < 4.78 is 31.5.